The first-order chi connectivity index (χ1) is 12.8. The van der Waals surface area contributed by atoms with Crippen LogP contribution in [0.1, 0.15) is 0 Å². The van der Waals surface area contributed by atoms with E-state index in [0.717, 1.165) is 0 Å². The highest BCUT2D eigenvalue weighted by Crippen LogP contribution is 2.25. The first-order valence-electron chi connectivity index (χ1n) is 7.99. The second-order valence-electron chi connectivity index (χ2n) is 5.93. The lowest BCUT2D eigenvalue weighted by atomic mass is 10.1. The van der Waals surface area contributed by atoms with Crippen molar-refractivity contribution in [3.63, 3.8) is 0 Å². The van der Waals surface area contributed by atoms with Crippen LogP contribution in [-0.2, 0) is 6.54 Å². The van der Waals surface area contributed by atoms with Crippen molar-refractivity contribution in [1.82, 2.24) is 19.5 Å². The van der Waals surface area contributed by atoms with Gasteiger partial charge in [0.1, 0.15) is 24.1 Å². The van der Waals surface area contributed by atoms with Crippen LogP contribution in [0.2, 0.25) is 0 Å². The lowest BCUT2D eigenvalue weighted by Gasteiger charge is -2.24. The van der Waals surface area contributed by atoms with Gasteiger partial charge in [0.2, 0.25) is 0 Å². The minimum atomic E-state index is -1.67. The molecule has 0 unspecified atom stereocenters. The van der Waals surface area contributed by atoms with Crippen LogP contribution in [0.4, 0.5) is 0 Å². The second kappa shape index (κ2) is 7.40. The molecule has 1 aromatic carbocycles. The predicted octanol–water partition coefficient (Wildman–Crippen LogP) is -2.33. The van der Waals surface area contributed by atoms with Gasteiger partial charge in [0.25, 0.3) is 5.56 Å². The number of aliphatic hydroxyl groups excluding tert-OH is 4. The fourth-order valence-electron chi connectivity index (χ4n) is 2.74. The highest BCUT2D eigenvalue weighted by Gasteiger charge is 2.27. The smallest absolute Gasteiger partial charge is 0.349 e. The molecular weight excluding hydrogens is 360 g/mol. The van der Waals surface area contributed by atoms with Crippen molar-refractivity contribution in [3.05, 3.63) is 39.0 Å². The van der Waals surface area contributed by atoms with E-state index in [1.165, 1.54) is 11.7 Å². The summed E-state index contributed by atoms with van der Waals surface area (Å²) in [5.74, 6) is 0.351. The molecular formula is C16H18N4O7. The fraction of sp³-hybridized carbons (Fsp3) is 0.375. The lowest BCUT2D eigenvalue weighted by molar-refractivity contribution is -0.0802. The van der Waals surface area contributed by atoms with Gasteiger partial charge in [-0.2, -0.15) is 4.98 Å². The number of hydrogen-bond donors (Lipinski definition) is 5. The Kier molecular flexibility index (Phi) is 5.19. The summed E-state index contributed by atoms with van der Waals surface area (Å²) in [5, 5.41) is 38.7. The maximum Gasteiger partial charge on any atom is 0.349 e. The number of ether oxygens (including phenoxy) is 1. The first kappa shape index (κ1) is 18.9. The summed E-state index contributed by atoms with van der Waals surface area (Å²) < 4.78 is 6.50. The average Bonchev–Trinajstić information content (AvgIpc) is 2.66. The van der Waals surface area contributed by atoms with E-state index in [1.807, 2.05) is 4.98 Å². The predicted molar refractivity (Wildman–Crippen MR) is 92.7 cm³/mol. The van der Waals surface area contributed by atoms with Crippen molar-refractivity contribution < 1.29 is 25.2 Å². The number of aromatic amines is 1. The van der Waals surface area contributed by atoms with Crippen molar-refractivity contribution >= 4 is 11.0 Å². The number of nitrogens with zero attached hydrogens (tertiary/aromatic N) is 3. The van der Waals surface area contributed by atoms with Crippen LogP contribution >= 0.6 is 0 Å². The Balaban J connectivity index is 2.25. The molecule has 0 radical (unpaired) electrons. The van der Waals surface area contributed by atoms with Crippen molar-refractivity contribution in [1.29, 1.82) is 0 Å². The average molecular weight is 378 g/mol. The van der Waals surface area contributed by atoms with Gasteiger partial charge in [-0.3, -0.25) is 9.78 Å². The van der Waals surface area contributed by atoms with Gasteiger partial charge in [0.05, 0.1) is 31.3 Å². The lowest BCUT2D eigenvalue weighted by Crippen LogP contribution is -2.42. The minimum Gasteiger partial charge on any atom is -0.497 e. The summed E-state index contributed by atoms with van der Waals surface area (Å²) in [7, 11) is 1.45. The molecule has 0 fully saturated rings. The molecule has 3 atom stereocenters. The molecule has 27 heavy (non-hydrogen) atoms. The highest BCUT2D eigenvalue weighted by atomic mass is 16.5. The van der Waals surface area contributed by atoms with Gasteiger partial charge in [-0.05, 0) is 12.1 Å². The molecule has 11 nitrogen and oxygen atoms in total. The number of fused-ring (bicyclic) bond motifs is 2. The monoisotopic (exact) mass is 378 g/mol. The molecule has 144 valence electrons. The van der Waals surface area contributed by atoms with E-state index in [-0.39, 0.29) is 18.1 Å². The normalized spacial score (nSPS) is 15.0. The van der Waals surface area contributed by atoms with E-state index in [0.29, 0.717) is 16.8 Å². The molecule has 0 saturated heterocycles. The number of hydrogen-bond acceptors (Lipinski definition) is 9. The SMILES string of the molecule is COc1ccc2nc3c(=O)[nH]c(=O)nc-3n(C[C@H](O)[C@@H](O)[C@H](O)CO)c2c1. The van der Waals surface area contributed by atoms with E-state index in [1.54, 1.807) is 18.2 Å². The molecule has 11 heteroatoms. The summed E-state index contributed by atoms with van der Waals surface area (Å²) in [6, 6.07) is 4.77. The summed E-state index contributed by atoms with van der Waals surface area (Å²) >= 11 is 0. The van der Waals surface area contributed by atoms with E-state index in [2.05, 4.69) is 9.97 Å². The van der Waals surface area contributed by atoms with Crippen LogP contribution in [0, 0.1) is 0 Å². The van der Waals surface area contributed by atoms with Crippen molar-refractivity contribution in [3.8, 4) is 17.3 Å². The van der Waals surface area contributed by atoms with Crippen LogP contribution in [-0.4, -0.2) is 72.0 Å². The topological polar surface area (TPSA) is 171 Å². The van der Waals surface area contributed by atoms with Gasteiger partial charge in [0.15, 0.2) is 11.5 Å². The van der Waals surface area contributed by atoms with Gasteiger partial charge in [-0.25, -0.2) is 9.78 Å². The van der Waals surface area contributed by atoms with Crippen LogP contribution < -0.4 is 16.0 Å². The molecule has 0 bridgehead atoms. The number of aliphatic hydroxyl groups is 4. The minimum absolute atomic E-state index is 0.103. The summed E-state index contributed by atoms with van der Waals surface area (Å²) in [5.41, 5.74) is -1.03. The maximum atomic E-state index is 12.1. The van der Waals surface area contributed by atoms with Crippen LogP contribution in [0.15, 0.2) is 27.8 Å². The second-order valence-corrected chi connectivity index (χ2v) is 5.93. The van der Waals surface area contributed by atoms with E-state index < -0.39 is 36.2 Å². The van der Waals surface area contributed by atoms with Gasteiger partial charge in [-0.15, -0.1) is 0 Å². The van der Waals surface area contributed by atoms with Gasteiger partial charge in [-0.1, -0.05) is 0 Å². The molecule has 0 aromatic heterocycles. The Morgan fingerprint density at radius 2 is 1.93 bits per heavy atom. The van der Waals surface area contributed by atoms with Crippen LogP contribution in [0.25, 0.3) is 22.6 Å². The number of nitrogens with one attached hydrogen (secondary N) is 1. The fourth-order valence-corrected chi connectivity index (χ4v) is 2.74. The van der Waals surface area contributed by atoms with E-state index in [9.17, 15) is 24.9 Å². The number of rotatable bonds is 6. The van der Waals surface area contributed by atoms with Crippen molar-refractivity contribution in [2.45, 2.75) is 24.9 Å². The third-order valence-corrected chi connectivity index (χ3v) is 4.16. The third kappa shape index (κ3) is 3.53. The molecule has 0 amide bonds. The quantitative estimate of drug-likeness (QED) is 0.295. The van der Waals surface area contributed by atoms with Crippen molar-refractivity contribution in [2.75, 3.05) is 13.7 Å². The molecule has 0 aliphatic carbocycles. The first-order valence-corrected chi connectivity index (χ1v) is 7.99. The molecule has 2 aliphatic heterocycles. The summed E-state index contributed by atoms with van der Waals surface area (Å²) in [6.45, 7) is -1.09. The summed E-state index contributed by atoms with van der Waals surface area (Å²) in [6.07, 6.45) is -4.77. The Bertz CT molecular complexity index is 1050. The van der Waals surface area contributed by atoms with Gasteiger partial charge in [0, 0.05) is 6.07 Å². The molecule has 2 aliphatic rings. The van der Waals surface area contributed by atoms with E-state index in [4.69, 9.17) is 9.84 Å². The largest absolute Gasteiger partial charge is 0.497 e. The van der Waals surface area contributed by atoms with Gasteiger partial charge < -0.3 is 29.7 Å². The Labute approximate surface area is 151 Å². The molecule has 1 aromatic rings. The zero-order valence-electron chi connectivity index (χ0n) is 14.2. The Morgan fingerprint density at radius 3 is 2.59 bits per heavy atom. The molecule has 0 spiro atoms. The zero-order chi connectivity index (χ0) is 19.7. The van der Waals surface area contributed by atoms with E-state index >= 15 is 0 Å². The highest BCUT2D eigenvalue weighted by molar-refractivity contribution is 5.80. The zero-order valence-corrected chi connectivity index (χ0v) is 14.2. The molecule has 0 saturated carbocycles. The Hall–Kier alpha value is -2.86. The van der Waals surface area contributed by atoms with Gasteiger partial charge >= 0.3 is 5.69 Å². The molecule has 3 rings (SSSR count). The van der Waals surface area contributed by atoms with Crippen LogP contribution in [0.3, 0.4) is 0 Å². The van der Waals surface area contributed by atoms with Crippen LogP contribution in [0.5, 0.6) is 5.75 Å². The Morgan fingerprint density at radius 1 is 1.19 bits per heavy atom. The summed E-state index contributed by atoms with van der Waals surface area (Å²) in [4.78, 5) is 33.8. The van der Waals surface area contributed by atoms with Crippen molar-refractivity contribution in [2.24, 2.45) is 0 Å². The number of H-pyrrole nitrogens is 1. The molecule has 5 N–H and O–H groups in total. The maximum absolute atomic E-state index is 12.1. The standard InChI is InChI=1S/C16H18N4O7/c1-27-7-2-3-8-9(4-7)20(5-10(22)13(24)11(23)6-21)14-12(17-8)15(25)19-16(26)18-14/h2-4,10-11,13,21-24H,5-6H2,1H3,(H,19,25,26)/t10-,11+,13+/m0/s1. The third-order valence-electron chi connectivity index (χ3n) is 4.16. The number of methoxy groups -OCH3 is 1. The number of benzene rings is 1. The number of aromatic nitrogens is 4. The molecule has 2 heterocycles.